The van der Waals surface area contributed by atoms with Crippen molar-refractivity contribution < 1.29 is 22.7 Å². The van der Waals surface area contributed by atoms with Crippen LogP contribution in [0.4, 0.5) is 5.69 Å². The first-order chi connectivity index (χ1) is 13.3. The monoisotopic (exact) mass is 404 g/mol. The molecule has 0 fully saturated rings. The van der Waals surface area contributed by atoms with Gasteiger partial charge in [0, 0.05) is 12.2 Å². The van der Waals surface area contributed by atoms with Crippen LogP contribution in [0.5, 0.6) is 11.5 Å². The van der Waals surface area contributed by atoms with E-state index in [9.17, 15) is 13.2 Å². The van der Waals surface area contributed by atoms with Gasteiger partial charge in [-0.25, -0.2) is 8.42 Å². The van der Waals surface area contributed by atoms with Crippen molar-refractivity contribution >= 4 is 27.7 Å². The fraction of sp³-hybridized carbons (Fsp3) is 0.250. The van der Waals surface area contributed by atoms with E-state index in [0.29, 0.717) is 17.2 Å². The van der Waals surface area contributed by atoms with Gasteiger partial charge in [0.25, 0.3) is 5.91 Å². The smallest absolute Gasteiger partial charge is 0.258 e. The third kappa shape index (κ3) is 6.96. The quantitative estimate of drug-likeness (QED) is 0.670. The van der Waals surface area contributed by atoms with E-state index in [-0.39, 0.29) is 19.1 Å². The van der Waals surface area contributed by atoms with Crippen molar-refractivity contribution in [3.63, 3.8) is 0 Å². The maximum absolute atomic E-state index is 12.1. The highest BCUT2D eigenvalue weighted by Gasteiger charge is 2.09. The number of methoxy groups -OCH3 is 1. The molecule has 2 aromatic carbocycles. The normalized spacial score (nSPS) is 11.2. The summed E-state index contributed by atoms with van der Waals surface area (Å²) in [6.45, 7) is 2.01. The number of nitrogens with one attached hydrogen (secondary N) is 2. The molecule has 28 heavy (non-hydrogen) atoms. The molecule has 0 saturated heterocycles. The first-order valence-electron chi connectivity index (χ1n) is 8.57. The molecule has 2 aromatic rings. The lowest BCUT2D eigenvalue weighted by Gasteiger charge is -2.12. The van der Waals surface area contributed by atoms with Gasteiger partial charge >= 0.3 is 0 Å². The third-order valence-corrected chi connectivity index (χ3v) is 4.23. The maximum atomic E-state index is 12.1. The lowest BCUT2D eigenvalue weighted by atomic mass is 10.2. The summed E-state index contributed by atoms with van der Waals surface area (Å²) in [5.74, 6) is 0.717. The SMILES string of the molecule is CC=Cc1ccc(OCC(=O)NCc2cccc(NS(C)(=O)=O)c2)c(OC)c1. The molecular weight excluding hydrogens is 380 g/mol. The van der Waals surface area contributed by atoms with Gasteiger partial charge in [0.1, 0.15) is 0 Å². The van der Waals surface area contributed by atoms with Gasteiger partial charge < -0.3 is 14.8 Å². The van der Waals surface area contributed by atoms with Gasteiger partial charge in [0.05, 0.1) is 13.4 Å². The van der Waals surface area contributed by atoms with Crippen LogP contribution >= 0.6 is 0 Å². The summed E-state index contributed by atoms with van der Waals surface area (Å²) in [4.78, 5) is 12.1. The minimum atomic E-state index is -3.35. The molecule has 0 aromatic heterocycles. The van der Waals surface area contributed by atoms with Gasteiger partial charge in [-0.3, -0.25) is 9.52 Å². The summed E-state index contributed by atoms with van der Waals surface area (Å²) >= 11 is 0. The second-order valence-corrected chi connectivity index (χ2v) is 7.80. The Bertz CT molecular complexity index is 955. The Morgan fingerprint density at radius 2 is 1.93 bits per heavy atom. The molecule has 2 N–H and O–H groups in total. The number of carbonyl (C=O) groups excluding carboxylic acids is 1. The fourth-order valence-corrected chi connectivity index (χ4v) is 3.01. The number of ether oxygens (including phenoxy) is 2. The predicted molar refractivity (Wildman–Crippen MR) is 110 cm³/mol. The summed E-state index contributed by atoms with van der Waals surface area (Å²) in [5, 5.41) is 2.74. The molecule has 0 bridgehead atoms. The minimum Gasteiger partial charge on any atom is -0.493 e. The molecule has 0 spiro atoms. The van der Waals surface area contributed by atoms with E-state index in [1.807, 2.05) is 31.2 Å². The van der Waals surface area contributed by atoms with Gasteiger partial charge in [-0.05, 0) is 42.3 Å². The summed E-state index contributed by atoms with van der Waals surface area (Å²) in [6.07, 6.45) is 4.94. The number of hydrogen-bond acceptors (Lipinski definition) is 5. The van der Waals surface area contributed by atoms with Crippen LogP contribution in [0.2, 0.25) is 0 Å². The third-order valence-electron chi connectivity index (χ3n) is 3.63. The van der Waals surface area contributed by atoms with E-state index in [2.05, 4.69) is 10.0 Å². The highest BCUT2D eigenvalue weighted by atomic mass is 32.2. The van der Waals surface area contributed by atoms with E-state index in [1.54, 1.807) is 37.4 Å². The van der Waals surface area contributed by atoms with Gasteiger partial charge in [-0.2, -0.15) is 0 Å². The molecule has 0 radical (unpaired) electrons. The Morgan fingerprint density at radius 1 is 1.14 bits per heavy atom. The topological polar surface area (TPSA) is 93.7 Å². The fourth-order valence-electron chi connectivity index (χ4n) is 2.45. The summed E-state index contributed by atoms with van der Waals surface area (Å²) in [6, 6.07) is 12.2. The van der Waals surface area contributed by atoms with Crippen molar-refractivity contribution in [1.29, 1.82) is 0 Å². The van der Waals surface area contributed by atoms with Crippen LogP contribution in [0.3, 0.4) is 0 Å². The van der Waals surface area contributed by atoms with E-state index >= 15 is 0 Å². The van der Waals surface area contributed by atoms with E-state index in [0.717, 1.165) is 17.4 Å². The Kier molecular flexibility index (Phi) is 7.45. The lowest BCUT2D eigenvalue weighted by Crippen LogP contribution is -2.28. The van der Waals surface area contributed by atoms with Crippen LogP contribution in [0, 0.1) is 0 Å². The van der Waals surface area contributed by atoms with Gasteiger partial charge in [-0.15, -0.1) is 0 Å². The highest BCUT2D eigenvalue weighted by Crippen LogP contribution is 2.28. The number of allylic oxidation sites excluding steroid dienone is 1. The van der Waals surface area contributed by atoms with Crippen LogP contribution in [-0.2, 0) is 21.4 Å². The Balaban J connectivity index is 1.91. The molecule has 7 nitrogen and oxygen atoms in total. The van der Waals surface area contributed by atoms with Crippen LogP contribution < -0.4 is 19.5 Å². The highest BCUT2D eigenvalue weighted by molar-refractivity contribution is 7.92. The number of carbonyl (C=O) groups is 1. The van der Waals surface area contributed by atoms with Crippen LogP contribution in [0.15, 0.2) is 48.5 Å². The van der Waals surface area contributed by atoms with E-state index in [1.165, 1.54) is 0 Å². The Labute approximate surface area is 165 Å². The number of sulfonamides is 1. The molecular formula is C20H24N2O5S. The molecule has 0 aliphatic carbocycles. The molecule has 0 aliphatic heterocycles. The summed E-state index contributed by atoms with van der Waals surface area (Å²) in [7, 11) is -1.81. The largest absolute Gasteiger partial charge is 0.493 e. The second kappa shape index (κ2) is 9.80. The first kappa shape index (κ1) is 21.3. The maximum Gasteiger partial charge on any atom is 0.258 e. The van der Waals surface area contributed by atoms with Crippen molar-refractivity contribution in [3.8, 4) is 11.5 Å². The Morgan fingerprint density at radius 3 is 2.61 bits per heavy atom. The van der Waals surface area contributed by atoms with Crippen molar-refractivity contribution in [1.82, 2.24) is 5.32 Å². The first-order valence-corrected chi connectivity index (χ1v) is 10.5. The zero-order valence-electron chi connectivity index (χ0n) is 16.1. The van der Waals surface area contributed by atoms with Crippen LogP contribution in [0.25, 0.3) is 6.08 Å². The second-order valence-electron chi connectivity index (χ2n) is 6.05. The molecule has 8 heteroatoms. The summed E-state index contributed by atoms with van der Waals surface area (Å²) in [5.41, 5.74) is 2.17. The van der Waals surface area contributed by atoms with Crippen LogP contribution in [-0.4, -0.2) is 34.3 Å². The molecule has 0 aliphatic rings. The molecule has 0 atom stereocenters. The predicted octanol–water partition coefficient (Wildman–Crippen LogP) is 2.80. The molecule has 1 amide bonds. The Hall–Kier alpha value is -3.00. The van der Waals surface area contributed by atoms with Gasteiger partial charge in [0.2, 0.25) is 10.0 Å². The average Bonchev–Trinajstić information content (AvgIpc) is 2.64. The number of benzene rings is 2. The van der Waals surface area contributed by atoms with E-state index in [4.69, 9.17) is 9.47 Å². The van der Waals surface area contributed by atoms with Crippen molar-refractivity contribution in [2.45, 2.75) is 13.5 Å². The molecule has 0 heterocycles. The lowest BCUT2D eigenvalue weighted by molar-refractivity contribution is -0.123. The molecule has 0 saturated carbocycles. The molecule has 2 rings (SSSR count). The molecule has 150 valence electrons. The number of rotatable bonds is 9. The molecule has 0 unspecified atom stereocenters. The van der Waals surface area contributed by atoms with Crippen molar-refractivity contribution in [2.24, 2.45) is 0 Å². The van der Waals surface area contributed by atoms with Gasteiger partial charge in [0.15, 0.2) is 18.1 Å². The van der Waals surface area contributed by atoms with E-state index < -0.39 is 10.0 Å². The minimum absolute atomic E-state index is 0.166. The zero-order valence-corrected chi connectivity index (χ0v) is 16.9. The average molecular weight is 404 g/mol. The zero-order chi connectivity index (χ0) is 20.6. The van der Waals surface area contributed by atoms with Gasteiger partial charge in [-0.1, -0.05) is 30.4 Å². The van der Waals surface area contributed by atoms with Crippen LogP contribution in [0.1, 0.15) is 18.1 Å². The number of hydrogen-bond donors (Lipinski definition) is 2. The standard InChI is InChI=1S/C20H24N2O5S/c1-4-6-15-9-10-18(19(12-15)26-2)27-14-20(23)21-13-16-7-5-8-17(11-16)22-28(3,24)25/h4-12,22H,13-14H2,1-3H3,(H,21,23). The summed E-state index contributed by atoms with van der Waals surface area (Å²) < 4.78 is 35.8. The number of anilines is 1. The van der Waals surface area contributed by atoms with Crippen molar-refractivity contribution in [2.75, 3.05) is 24.7 Å². The number of amides is 1. The van der Waals surface area contributed by atoms with Crippen molar-refractivity contribution in [3.05, 3.63) is 59.7 Å².